The molecule has 0 fully saturated rings. The maximum absolute atomic E-state index is 13.0. The van der Waals surface area contributed by atoms with Crippen LogP contribution in [0.5, 0.6) is 0 Å². The van der Waals surface area contributed by atoms with Crippen molar-refractivity contribution in [2.24, 2.45) is 0 Å². The molecule has 0 saturated carbocycles. The summed E-state index contributed by atoms with van der Waals surface area (Å²) in [5.74, 6) is -0.321. The van der Waals surface area contributed by atoms with Gasteiger partial charge in [0.15, 0.2) is 5.69 Å². The highest BCUT2D eigenvalue weighted by Crippen LogP contribution is 2.25. The summed E-state index contributed by atoms with van der Waals surface area (Å²) < 4.78 is 1.68. The topological polar surface area (TPSA) is 72.7 Å². The Balaban J connectivity index is 1.70. The number of benzene rings is 2. The molecule has 0 aliphatic rings. The van der Waals surface area contributed by atoms with E-state index in [1.807, 2.05) is 54.6 Å². The third-order valence-corrected chi connectivity index (χ3v) is 5.19. The predicted octanol–water partition coefficient (Wildman–Crippen LogP) is 4.48. The number of pyridine rings is 1. The molecule has 0 bridgehead atoms. The van der Waals surface area contributed by atoms with Gasteiger partial charge in [0.05, 0.1) is 5.69 Å². The molecule has 1 amide bonds. The van der Waals surface area contributed by atoms with E-state index in [0.29, 0.717) is 17.3 Å². The number of aryl methyl sites for hydroxylation is 1. The monoisotopic (exact) mass is 417 g/mol. The van der Waals surface area contributed by atoms with Gasteiger partial charge in [0.25, 0.3) is 5.91 Å². The molecule has 0 aliphatic heterocycles. The smallest absolute Gasteiger partial charge is 0.274 e. The van der Waals surface area contributed by atoms with Crippen molar-refractivity contribution in [1.29, 1.82) is 0 Å². The average molecular weight is 418 g/mol. The molecule has 2 aromatic carbocycles. The van der Waals surface area contributed by atoms with Gasteiger partial charge in [0, 0.05) is 29.5 Å². The number of nitrogens with zero attached hydrogens (tertiary/aromatic N) is 4. The van der Waals surface area contributed by atoms with Gasteiger partial charge in [-0.15, -0.1) is 5.10 Å². The summed E-state index contributed by atoms with van der Waals surface area (Å²) in [6, 6.07) is 19.1. The van der Waals surface area contributed by atoms with Gasteiger partial charge in [-0.2, -0.15) is 0 Å². The molecule has 150 valence electrons. The van der Waals surface area contributed by atoms with Crippen LogP contribution in [0.1, 0.15) is 28.5 Å². The summed E-state index contributed by atoms with van der Waals surface area (Å²) in [6.07, 6.45) is 4.31. The quantitative estimate of drug-likeness (QED) is 0.502. The Morgan fingerprint density at radius 2 is 1.77 bits per heavy atom. The van der Waals surface area contributed by atoms with E-state index in [-0.39, 0.29) is 11.6 Å². The molecule has 2 aromatic heterocycles. The third kappa shape index (κ3) is 4.09. The Morgan fingerprint density at radius 1 is 1.03 bits per heavy atom. The zero-order valence-electron chi connectivity index (χ0n) is 16.4. The van der Waals surface area contributed by atoms with Gasteiger partial charge in [-0.25, -0.2) is 4.68 Å². The van der Waals surface area contributed by atoms with Crippen LogP contribution in [-0.4, -0.2) is 25.9 Å². The van der Waals surface area contributed by atoms with Crippen LogP contribution in [0.25, 0.3) is 16.9 Å². The van der Waals surface area contributed by atoms with E-state index in [0.717, 1.165) is 23.2 Å². The molecule has 4 rings (SSSR count). The Kier molecular flexibility index (Phi) is 5.86. The Hall–Kier alpha value is -3.51. The first-order valence-electron chi connectivity index (χ1n) is 9.64. The van der Waals surface area contributed by atoms with Gasteiger partial charge in [-0.3, -0.25) is 9.78 Å². The van der Waals surface area contributed by atoms with Crippen molar-refractivity contribution in [2.75, 3.05) is 0 Å². The highest BCUT2D eigenvalue weighted by molar-refractivity contribution is 6.31. The zero-order chi connectivity index (χ0) is 20.9. The van der Waals surface area contributed by atoms with Crippen LogP contribution < -0.4 is 5.32 Å². The van der Waals surface area contributed by atoms with Gasteiger partial charge in [0.2, 0.25) is 0 Å². The molecule has 0 aliphatic carbocycles. The number of nitrogens with one attached hydrogen (secondary N) is 1. The molecular weight excluding hydrogens is 398 g/mol. The van der Waals surface area contributed by atoms with Crippen molar-refractivity contribution >= 4 is 17.5 Å². The molecular formula is C23H20ClN5O. The van der Waals surface area contributed by atoms with E-state index in [1.165, 1.54) is 5.56 Å². The molecule has 6 nitrogen and oxygen atoms in total. The molecule has 1 N–H and O–H groups in total. The van der Waals surface area contributed by atoms with Crippen LogP contribution in [0.2, 0.25) is 5.02 Å². The van der Waals surface area contributed by atoms with Gasteiger partial charge >= 0.3 is 0 Å². The molecule has 0 saturated heterocycles. The number of hydrogen-bond acceptors (Lipinski definition) is 4. The lowest BCUT2D eigenvalue weighted by Crippen LogP contribution is -2.24. The van der Waals surface area contributed by atoms with Crippen LogP contribution in [0.4, 0.5) is 0 Å². The zero-order valence-corrected chi connectivity index (χ0v) is 17.2. The van der Waals surface area contributed by atoms with Crippen LogP contribution in [-0.2, 0) is 13.0 Å². The maximum Gasteiger partial charge on any atom is 0.274 e. The number of carbonyl (C=O) groups excluding carboxylic acids is 1. The first-order chi connectivity index (χ1) is 14.7. The van der Waals surface area contributed by atoms with E-state index in [4.69, 9.17) is 11.6 Å². The minimum atomic E-state index is -0.321. The van der Waals surface area contributed by atoms with Crippen LogP contribution >= 0.6 is 11.6 Å². The molecule has 0 atom stereocenters. The first-order valence-corrected chi connectivity index (χ1v) is 10.0. The summed E-state index contributed by atoms with van der Waals surface area (Å²) in [5, 5.41) is 12.0. The fraction of sp³-hybridized carbons (Fsp3) is 0.130. The minimum absolute atomic E-state index is 0.243. The highest BCUT2D eigenvalue weighted by atomic mass is 35.5. The number of aromatic nitrogens is 4. The van der Waals surface area contributed by atoms with E-state index >= 15 is 0 Å². The fourth-order valence-electron chi connectivity index (χ4n) is 3.16. The van der Waals surface area contributed by atoms with Crippen molar-refractivity contribution in [1.82, 2.24) is 25.3 Å². The van der Waals surface area contributed by atoms with E-state index in [2.05, 4.69) is 27.5 Å². The molecule has 4 aromatic rings. The lowest BCUT2D eigenvalue weighted by molar-refractivity contribution is 0.0946. The fourth-order valence-corrected chi connectivity index (χ4v) is 3.36. The number of hydrogen-bond donors (Lipinski definition) is 1. The van der Waals surface area contributed by atoms with E-state index < -0.39 is 0 Å². The molecule has 0 spiro atoms. The van der Waals surface area contributed by atoms with Crippen molar-refractivity contribution in [3.05, 3.63) is 94.9 Å². The Bertz CT molecular complexity index is 1160. The second-order valence-electron chi connectivity index (χ2n) is 6.73. The first kappa shape index (κ1) is 19.8. The average Bonchev–Trinajstić information content (AvgIpc) is 3.24. The number of amides is 1. The SMILES string of the molecule is CCc1ccc(-n2nnc(C(=O)NCc3ccccc3Cl)c2-c2ccncc2)cc1. The standard InChI is InChI=1S/C23H20ClN5O/c1-2-16-7-9-19(10-8-16)29-22(17-11-13-25-14-12-17)21(27-28-29)23(30)26-15-18-5-3-4-6-20(18)24/h3-14H,2,15H2,1H3,(H,26,30). The number of halogens is 1. The van der Waals surface area contributed by atoms with Gasteiger partial charge in [-0.1, -0.05) is 54.1 Å². The van der Waals surface area contributed by atoms with E-state index in [9.17, 15) is 4.79 Å². The van der Waals surface area contributed by atoms with E-state index in [1.54, 1.807) is 23.1 Å². The summed E-state index contributed by atoms with van der Waals surface area (Å²) in [5.41, 5.74) is 4.54. The molecule has 7 heteroatoms. The molecule has 30 heavy (non-hydrogen) atoms. The summed E-state index contributed by atoms with van der Waals surface area (Å²) in [7, 11) is 0. The van der Waals surface area contributed by atoms with Gasteiger partial charge in [-0.05, 0) is 47.9 Å². The largest absolute Gasteiger partial charge is 0.346 e. The van der Waals surface area contributed by atoms with Crippen LogP contribution in [0.15, 0.2) is 73.1 Å². The second kappa shape index (κ2) is 8.88. The van der Waals surface area contributed by atoms with Gasteiger partial charge < -0.3 is 5.32 Å². The van der Waals surface area contributed by atoms with Crippen molar-refractivity contribution in [3.8, 4) is 16.9 Å². The third-order valence-electron chi connectivity index (χ3n) is 4.83. The van der Waals surface area contributed by atoms with Crippen LogP contribution in [0, 0.1) is 0 Å². The summed E-state index contributed by atoms with van der Waals surface area (Å²) >= 11 is 6.20. The number of carbonyl (C=O) groups is 1. The Morgan fingerprint density at radius 3 is 2.47 bits per heavy atom. The molecule has 0 radical (unpaired) electrons. The normalized spacial score (nSPS) is 10.7. The van der Waals surface area contributed by atoms with Crippen molar-refractivity contribution < 1.29 is 4.79 Å². The highest BCUT2D eigenvalue weighted by Gasteiger charge is 2.22. The summed E-state index contributed by atoms with van der Waals surface area (Å²) in [6.45, 7) is 2.40. The lowest BCUT2D eigenvalue weighted by atomic mass is 10.1. The van der Waals surface area contributed by atoms with Gasteiger partial charge in [0.1, 0.15) is 5.69 Å². The molecule has 2 heterocycles. The minimum Gasteiger partial charge on any atom is -0.346 e. The van der Waals surface area contributed by atoms with Crippen molar-refractivity contribution in [3.63, 3.8) is 0 Å². The van der Waals surface area contributed by atoms with Crippen LogP contribution in [0.3, 0.4) is 0 Å². The second-order valence-corrected chi connectivity index (χ2v) is 7.14. The number of rotatable bonds is 6. The molecule has 0 unspecified atom stereocenters. The predicted molar refractivity (Wildman–Crippen MR) is 117 cm³/mol. The lowest BCUT2D eigenvalue weighted by Gasteiger charge is -2.10. The maximum atomic E-state index is 13.0. The Labute approximate surface area is 179 Å². The summed E-state index contributed by atoms with van der Waals surface area (Å²) in [4.78, 5) is 17.1. The van der Waals surface area contributed by atoms with Crippen molar-refractivity contribution in [2.45, 2.75) is 19.9 Å².